The number of carboxylic acids is 1. The highest BCUT2D eigenvalue weighted by molar-refractivity contribution is 7.11. The number of alkyl halides is 3. The lowest BCUT2D eigenvalue weighted by Gasteiger charge is -2.55. The number of aromatic nitrogens is 1. The lowest BCUT2D eigenvalue weighted by molar-refractivity contribution is -0.192. The summed E-state index contributed by atoms with van der Waals surface area (Å²) in [7, 11) is 0. The molecular weight excluding hydrogens is 407 g/mol. The van der Waals surface area contributed by atoms with Gasteiger partial charge < -0.3 is 10.0 Å². The van der Waals surface area contributed by atoms with E-state index in [0.717, 1.165) is 56.1 Å². The number of aryl methyl sites for hydroxylation is 2. The van der Waals surface area contributed by atoms with Gasteiger partial charge in [-0.05, 0) is 46.6 Å². The number of halogens is 3. The molecule has 1 aromatic heterocycles. The highest BCUT2D eigenvalue weighted by Crippen LogP contribution is 2.42. The third-order valence-electron chi connectivity index (χ3n) is 5.58. The van der Waals surface area contributed by atoms with E-state index in [2.05, 4.69) is 42.5 Å². The highest BCUT2D eigenvalue weighted by atomic mass is 32.1. The molecule has 1 spiro atoms. The van der Waals surface area contributed by atoms with Crippen LogP contribution in [0.15, 0.2) is 0 Å². The summed E-state index contributed by atoms with van der Waals surface area (Å²) in [5.41, 5.74) is 1.07. The van der Waals surface area contributed by atoms with Gasteiger partial charge in [0.2, 0.25) is 5.91 Å². The molecule has 1 N–H and O–H groups in total. The van der Waals surface area contributed by atoms with E-state index in [1.54, 1.807) is 11.3 Å². The summed E-state index contributed by atoms with van der Waals surface area (Å²) < 4.78 is 31.7. The third kappa shape index (κ3) is 5.48. The molecule has 2 aliphatic rings. The Bertz CT molecular complexity index is 753. The number of thiazole rings is 1. The summed E-state index contributed by atoms with van der Waals surface area (Å²) in [4.78, 5) is 32.0. The van der Waals surface area contributed by atoms with Gasteiger partial charge in [-0.3, -0.25) is 9.69 Å². The van der Waals surface area contributed by atoms with Crippen LogP contribution in [-0.4, -0.2) is 63.6 Å². The van der Waals surface area contributed by atoms with Crippen LogP contribution in [-0.2, 0) is 16.1 Å². The van der Waals surface area contributed by atoms with Crippen molar-refractivity contribution in [3.8, 4) is 0 Å². The SMILES string of the molecule is CCC(C)N1CC2(CCCN(Cc3sc(C)nc3C)C2)C1=O.O=C(O)C(F)(F)F. The molecule has 164 valence electrons. The van der Waals surface area contributed by atoms with Crippen LogP contribution in [0.25, 0.3) is 0 Å². The van der Waals surface area contributed by atoms with E-state index in [1.165, 1.54) is 4.88 Å². The summed E-state index contributed by atoms with van der Waals surface area (Å²) in [5.74, 6) is -2.36. The molecule has 3 rings (SSSR count). The van der Waals surface area contributed by atoms with Crippen molar-refractivity contribution in [1.29, 1.82) is 0 Å². The fourth-order valence-electron chi connectivity index (χ4n) is 3.84. The van der Waals surface area contributed by atoms with E-state index < -0.39 is 12.1 Å². The molecule has 29 heavy (non-hydrogen) atoms. The van der Waals surface area contributed by atoms with Gasteiger partial charge in [-0.15, -0.1) is 11.3 Å². The van der Waals surface area contributed by atoms with Crippen molar-refractivity contribution in [2.75, 3.05) is 19.6 Å². The number of carbonyl (C=O) groups is 2. The molecule has 0 aromatic carbocycles. The number of hydrogen-bond donors (Lipinski definition) is 1. The maximum Gasteiger partial charge on any atom is 0.490 e. The molecule has 1 amide bonds. The first-order chi connectivity index (χ1) is 13.4. The predicted octanol–water partition coefficient (Wildman–Crippen LogP) is 3.62. The number of amides is 1. The van der Waals surface area contributed by atoms with E-state index >= 15 is 0 Å². The molecule has 3 heterocycles. The van der Waals surface area contributed by atoms with Crippen molar-refractivity contribution < 1.29 is 27.9 Å². The maximum absolute atomic E-state index is 12.7. The molecule has 1 aromatic rings. The van der Waals surface area contributed by atoms with Gasteiger partial charge in [0.05, 0.1) is 16.1 Å². The number of likely N-dealkylation sites (tertiary alicyclic amines) is 2. The Labute approximate surface area is 172 Å². The van der Waals surface area contributed by atoms with Crippen LogP contribution in [0.1, 0.15) is 48.7 Å². The average Bonchev–Trinajstić information content (AvgIpc) is 2.96. The highest BCUT2D eigenvalue weighted by Gasteiger charge is 2.54. The molecule has 6 nitrogen and oxygen atoms in total. The fraction of sp³-hybridized carbons (Fsp3) is 0.737. The van der Waals surface area contributed by atoms with Gasteiger partial charge >= 0.3 is 12.1 Å². The molecule has 0 radical (unpaired) electrons. The lowest BCUT2D eigenvalue weighted by Crippen LogP contribution is -2.68. The molecule has 0 saturated carbocycles. The van der Waals surface area contributed by atoms with Crippen molar-refractivity contribution in [1.82, 2.24) is 14.8 Å². The number of nitrogens with zero attached hydrogens (tertiary/aromatic N) is 3. The number of piperidine rings is 1. The zero-order valence-electron chi connectivity index (χ0n) is 17.2. The smallest absolute Gasteiger partial charge is 0.475 e. The van der Waals surface area contributed by atoms with E-state index in [1.807, 2.05) is 0 Å². The molecule has 2 unspecified atom stereocenters. The van der Waals surface area contributed by atoms with Gasteiger partial charge in [0.15, 0.2) is 0 Å². The quantitative estimate of drug-likeness (QED) is 0.732. The topological polar surface area (TPSA) is 73.7 Å². The van der Waals surface area contributed by atoms with E-state index in [-0.39, 0.29) is 5.41 Å². The minimum Gasteiger partial charge on any atom is -0.475 e. The van der Waals surface area contributed by atoms with E-state index in [0.29, 0.717) is 11.9 Å². The summed E-state index contributed by atoms with van der Waals surface area (Å²) in [5, 5.41) is 8.27. The Morgan fingerprint density at radius 1 is 1.34 bits per heavy atom. The van der Waals surface area contributed by atoms with Gasteiger partial charge in [-0.1, -0.05) is 6.92 Å². The molecule has 10 heteroatoms. The summed E-state index contributed by atoms with van der Waals surface area (Å²) in [6.45, 7) is 12.4. The lowest BCUT2D eigenvalue weighted by atomic mass is 9.71. The van der Waals surface area contributed by atoms with Gasteiger partial charge in [0.25, 0.3) is 0 Å². The Morgan fingerprint density at radius 3 is 2.41 bits per heavy atom. The van der Waals surface area contributed by atoms with Crippen LogP contribution in [0.4, 0.5) is 13.2 Å². The second-order valence-corrected chi connectivity index (χ2v) is 9.12. The second kappa shape index (κ2) is 8.99. The van der Waals surface area contributed by atoms with Gasteiger partial charge in [-0.2, -0.15) is 13.2 Å². The molecule has 2 saturated heterocycles. The Balaban J connectivity index is 0.000000370. The molecular formula is C19H28F3N3O3S. The fourth-order valence-corrected chi connectivity index (χ4v) is 4.82. The van der Waals surface area contributed by atoms with Crippen molar-refractivity contribution in [3.05, 3.63) is 15.6 Å². The average molecular weight is 436 g/mol. The molecule has 0 aliphatic carbocycles. The van der Waals surface area contributed by atoms with Crippen LogP contribution in [0.2, 0.25) is 0 Å². The second-order valence-electron chi connectivity index (χ2n) is 7.83. The maximum atomic E-state index is 12.7. The number of carboxylic acid groups (broad SMARTS) is 1. The standard InChI is InChI=1S/C17H27N3OS.C2HF3O2/c1-5-12(2)20-11-17(16(20)21)7-6-8-19(10-17)9-15-13(3)18-14(4)22-15;3-2(4,5)1(6)7/h12H,5-11H2,1-4H3;(H,6,7). The van der Waals surface area contributed by atoms with Crippen LogP contribution < -0.4 is 0 Å². The van der Waals surface area contributed by atoms with Gasteiger partial charge in [0, 0.05) is 30.6 Å². The molecule has 2 atom stereocenters. The van der Waals surface area contributed by atoms with E-state index in [9.17, 15) is 18.0 Å². The molecule has 2 fully saturated rings. The number of hydrogen-bond acceptors (Lipinski definition) is 5. The number of aliphatic carboxylic acids is 1. The first-order valence-corrected chi connectivity index (χ1v) is 10.5. The van der Waals surface area contributed by atoms with Gasteiger partial charge in [-0.25, -0.2) is 9.78 Å². The monoisotopic (exact) mass is 435 g/mol. The number of carbonyl (C=O) groups excluding carboxylic acids is 1. The Hall–Kier alpha value is -1.68. The van der Waals surface area contributed by atoms with E-state index in [4.69, 9.17) is 9.90 Å². The van der Waals surface area contributed by atoms with Crippen molar-refractivity contribution in [2.24, 2.45) is 5.41 Å². The predicted molar refractivity (Wildman–Crippen MR) is 104 cm³/mol. The molecule has 2 aliphatic heterocycles. The molecule has 0 bridgehead atoms. The van der Waals surface area contributed by atoms with Crippen molar-refractivity contribution in [3.63, 3.8) is 0 Å². The minimum atomic E-state index is -5.08. The number of rotatable bonds is 4. The third-order valence-corrected chi connectivity index (χ3v) is 6.63. The Morgan fingerprint density at radius 2 is 1.97 bits per heavy atom. The zero-order chi connectivity index (χ0) is 22.0. The first kappa shape index (κ1) is 23.6. The summed E-state index contributed by atoms with van der Waals surface area (Å²) in [6, 6.07) is 0.389. The van der Waals surface area contributed by atoms with Gasteiger partial charge in [0.1, 0.15) is 0 Å². The first-order valence-electron chi connectivity index (χ1n) is 9.66. The zero-order valence-corrected chi connectivity index (χ0v) is 18.0. The van der Waals surface area contributed by atoms with Crippen molar-refractivity contribution >= 4 is 23.2 Å². The van der Waals surface area contributed by atoms with Crippen LogP contribution >= 0.6 is 11.3 Å². The summed E-state index contributed by atoms with van der Waals surface area (Å²) >= 11 is 1.80. The number of β-lactam (4-membered cyclic amide) rings is 1. The van der Waals surface area contributed by atoms with Crippen molar-refractivity contribution in [2.45, 2.75) is 65.7 Å². The van der Waals surface area contributed by atoms with Crippen LogP contribution in [0, 0.1) is 19.3 Å². The Kier molecular flexibility index (Phi) is 7.32. The summed E-state index contributed by atoms with van der Waals surface area (Å²) in [6.07, 6.45) is -1.84. The largest absolute Gasteiger partial charge is 0.490 e. The van der Waals surface area contributed by atoms with Crippen LogP contribution in [0.3, 0.4) is 0 Å². The van der Waals surface area contributed by atoms with Crippen LogP contribution in [0.5, 0.6) is 0 Å². The minimum absolute atomic E-state index is 0.0880. The normalized spacial score (nSPS) is 23.4.